The maximum Gasteiger partial charge on any atom is 0.257 e. The molecule has 0 radical (unpaired) electrons. The second-order valence-corrected chi connectivity index (χ2v) is 7.54. The van der Waals surface area contributed by atoms with Crippen molar-refractivity contribution in [3.8, 4) is 5.75 Å². The van der Waals surface area contributed by atoms with E-state index in [4.69, 9.17) is 21.7 Å². The highest BCUT2D eigenvalue weighted by Crippen LogP contribution is 2.13. The molecule has 0 spiro atoms. The first-order chi connectivity index (χ1) is 16.0. The number of carbonyl (C=O) groups excluding carboxylic acids is 2. The van der Waals surface area contributed by atoms with Crippen LogP contribution in [0.1, 0.15) is 34.6 Å². The first kappa shape index (κ1) is 26.2. The van der Waals surface area contributed by atoms with E-state index in [-0.39, 0.29) is 16.9 Å². The van der Waals surface area contributed by atoms with Crippen LogP contribution < -0.4 is 20.7 Å². The van der Waals surface area contributed by atoms with Gasteiger partial charge in [-0.25, -0.2) is 0 Å². The van der Waals surface area contributed by atoms with Gasteiger partial charge in [-0.3, -0.25) is 14.9 Å². The molecule has 8 nitrogen and oxygen atoms in total. The second kappa shape index (κ2) is 14.2. The molecule has 2 aromatic rings. The van der Waals surface area contributed by atoms with Crippen molar-refractivity contribution in [2.75, 3.05) is 51.8 Å². The number of hydrogen-bond donors (Lipinski definition) is 3. The number of hydrogen-bond acceptors (Lipinski definition) is 6. The number of nitrogens with zero attached hydrogens (tertiary/aromatic N) is 1. The molecule has 0 fully saturated rings. The summed E-state index contributed by atoms with van der Waals surface area (Å²) in [5, 5.41) is 8.68. The molecule has 3 N–H and O–H groups in total. The number of likely N-dealkylation sites (N-methyl/N-ethyl adjacent to an activating group) is 1. The highest BCUT2D eigenvalue weighted by Gasteiger charge is 2.10. The van der Waals surface area contributed by atoms with E-state index in [9.17, 15) is 9.59 Å². The van der Waals surface area contributed by atoms with Crippen molar-refractivity contribution in [1.29, 1.82) is 0 Å². The van der Waals surface area contributed by atoms with Crippen LogP contribution in [0.25, 0.3) is 0 Å². The molecular formula is C24H32N4O4S. The average Bonchev–Trinajstić information content (AvgIpc) is 2.82. The average molecular weight is 473 g/mol. The summed E-state index contributed by atoms with van der Waals surface area (Å²) in [6, 6.07) is 13.7. The van der Waals surface area contributed by atoms with Gasteiger partial charge in [0.1, 0.15) is 12.4 Å². The van der Waals surface area contributed by atoms with Gasteiger partial charge in [-0.2, -0.15) is 0 Å². The Bertz CT molecular complexity index is 900. The van der Waals surface area contributed by atoms with E-state index in [1.165, 1.54) is 0 Å². The zero-order chi connectivity index (χ0) is 24.1. The fourth-order valence-corrected chi connectivity index (χ4v) is 3.17. The van der Waals surface area contributed by atoms with Gasteiger partial charge in [-0.05, 0) is 73.8 Å². The van der Waals surface area contributed by atoms with Crippen molar-refractivity contribution in [2.24, 2.45) is 0 Å². The second-order valence-electron chi connectivity index (χ2n) is 7.13. The smallest absolute Gasteiger partial charge is 0.257 e. The fourth-order valence-electron chi connectivity index (χ4n) is 2.96. The quantitative estimate of drug-likeness (QED) is 0.323. The normalized spacial score (nSPS) is 10.5. The third-order valence-corrected chi connectivity index (χ3v) is 5.12. The van der Waals surface area contributed by atoms with Crippen molar-refractivity contribution in [1.82, 2.24) is 15.5 Å². The van der Waals surface area contributed by atoms with Crippen molar-refractivity contribution in [3.05, 3.63) is 59.7 Å². The molecule has 2 aromatic carbocycles. The monoisotopic (exact) mass is 472 g/mol. The Kier molecular flexibility index (Phi) is 11.3. The number of anilines is 1. The lowest BCUT2D eigenvalue weighted by Gasteiger charge is -2.18. The van der Waals surface area contributed by atoms with Crippen LogP contribution in [0.4, 0.5) is 5.69 Å². The van der Waals surface area contributed by atoms with Crippen LogP contribution in [0, 0.1) is 0 Å². The minimum Gasteiger partial charge on any atom is -0.491 e. The summed E-state index contributed by atoms with van der Waals surface area (Å²) in [4.78, 5) is 26.9. The van der Waals surface area contributed by atoms with Crippen LogP contribution in [0.15, 0.2) is 48.5 Å². The van der Waals surface area contributed by atoms with Crippen LogP contribution in [-0.4, -0.2) is 68.3 Å². The Morgan fingerprint density at radius 3 is 2.12 bits per heavy atom. The molecule has 178 valence electrons. The van der Waals surface area contributed by atoms with Gasteiger partial charge in [0.25, 0.3) is 11.8 Å². The summed E-state index contributed by atoms with van der Waals surface area (Å²) in [6.07, 6.45) is 0. The van der Waals surface area contributed by atoms with Crippen LogP contribution >= 0.6 is 12.2 Å². The number of ether oxygens (including phenoxy) is 2. The molecule has 9 heteroatoms. The zero-order valence-electron chi connectivity index (χ0n) is 19.3. The number of benzene rings is 2. The van der Waals surface area contributed by atoms with E-state index in [0.717, 1.165) is 19.6 Å². The van der Waals surface area contributed by atoms with E-state index in [2.05, 4.69) is 34.7 Å². The van der Waals surface area contributed by atoms with Crippen molar-refractivity contribution >= 4 is 34.8 Å². The molecule has 0 aliphatic heterocycles. The molecule has 2 rings (SSSR count). The van der Waals surface area contributed by atoms with Gasteiger partial charge in [0.05, 0.1) is 6.61 Å². The number of nitrogens with one attached hydrogen (secondary N) is 3. The highest BCUT2D eigenvalue weighted by molar-refractivity contribution is 7.80. The largest absolute Gasteiger partial charge is 0.491 e. The minimum atomic E-state index is -0.333. The van der Waals surface area contributed by atoms with Gasteiger partial charge in [0.2, 0.25) is 0 Å². The summed E-state index contributed by atoms with van der Waals surface area (Å²) < 4.78 is 10.4. The zero-order valence-corrected chi connectivity index (χ0v) is 20.2. The lowest BCUT2D eigenvalue weighted by molar-refractivity contribution is 0.0947. The van der Waals surface area contributed by atoms with E-state index < -0.39 is 0 Å². The summed E-state index contributed by atoms with van der Waals surface area (Å²) >= 11 is 5.23. The number of thiocarbonyl (C=S) groups is 1. The maximum absolute atomic E-state index is 12.4. The first-order valence-electron chi connectivity index (χ1n) is 10.9. The summed E-state index contributed by atoms with van der Waals surface area (Å²) in [7, 11) is 1.61. The van der Waals surface area contributed by atoms with E-state index in [1.54, 1.807) is 55.6 Å². The van der Waals surface area contributed by atoms with Gasteiger partial charge in [0.15, 0.2) is 5.11 Å². The van der Waals surface area contributed by atoms with Crippen molar-refractivity contribution in [2.45, 2.75) is 13.8 Å². The van der Waals surface area contributed by atoms with Crippen LogP contribution in [0.2, 0.25) is 0 Å². The lowest BCUT2D eigenvalue weighted by atomic mass is 10.2. The van der Waals surface area contributed by atoms with E-state index in [0.29, 0.717) is 42.3 Å². The topological polar surface area (TPSA) is 91.9 Å². The Labute approximate surface area is 200 Å². The third kappa shape index (κ3) is 9.17. The SMILES string of the molecule is CCN(CC)CCNC(=O)c1ccc(NC(=S)NC(=O)c2ccc(OCCOC)cc2)cc1. The molecule has 0 saturated carbocycles. The first-order valence-corrected chi connectivity index (χ1v) is 11.3. The van der Waals surface area contributed by atoms with E-state index in [1.807, 2.05) is 0 Å². The Morgan fingerprint density at radius 2 is 1.52 bits per heavy atom. The molecule has 0 saturated heterocycles. The number of amides is 2. The Morgan fingerprint density at radius 1 is 0.909 bits per heavy atom. The van der Waals surface area contributed by atoms with Gasteiger partial charge in [-0.1, -0.05) is 13.8 Å². The van der Waals surface area contributed by atoms with Crippen molar-refractivity contribution in [3.63, 3.8) is 0 Å². The molecule has 0 aliphatic carbocycles. The molecule has 0 aromatic heterocycles. The summed E-state index contributed by atoms with van der Waals surface area (Å²) in [5.41, 5.74) is 1.68. The van der Waals surface area contributed by atoms with Gasteiger partial charge in [0, 0.05) is 37.0 Å². The molecule has 2 amide bonds. The highest BCUT2D eigenvalue weighted by atomic mass is 32.1. The standard InChI is InChI=1S/C24H32N4O4S/c1-4-28(5-2)15-14-25-22(29)18-6-10-20(11-7-18)26-24(33)27-23(30)19-8-12-21(13-9-19)32-17-16-31-3/h6-13H,4-5,14-17H2,1-3H3,(H,25,29)(H2,26,27,30,33). The molecule has 0 unspecified atom stereocenters. The molecule has 0 bridgehead atoms. The predicted molar refractivity (Wildman–Crippen MR) is 134 cm³/mol. The van der Waals surface area contributed by atoms with Crippen LogP contribution in [0.5, 0.6) is 5.75 Å². The third-order valence-electron chi connectivity index (χ3n) is 4.91. The predicted octanol–water partition coefficient (Wildman–Crippen LogP) is 2.91. The number of carbonyl (C=O) groups is 2. The van der Waals surface area contributed by atoms with Gasteiger partial charge < -0.3 is 25.0 Å². The molecule has 33 heavy (non-hydrogen) atoms. The minimum absolute atomic E-state index is 0.126. The molecule has 0 heterocycles. The van der Waals surface area contributed by atoms with Gasteiger partial charge in [-0.15, -0.1) is 0 Å². The van der Waals surface area contributed by atoms with Crippen molar-refractivity contribution < 1.29 is 19.1 Å². The van der Waals surface area contributed by atoms with E-state index >= 15 is 0 Å². The maximum atomic E-state index is 12.4. The van der Waals surface area contributed by atoms with Crippen LogP contribution in [0.3, 0.4) is 0 Å². The molecular weight excluding hydrogens is 440 g/mol. The Balaban J connectivity index is 1.80. The molecule has 0 atom stereocenters. The van der Waals surface area contributed by atoms with Gasteiger partial charge >= 0.3 is 0 Å². The summed E-state index contributed by atoms with van der Waals surface area (Å²) in [5.74, 6) is 0.195. The fraction of sp³-hybridized carbons (Fsp3) is 0.375. The van der Waals surface area contributed by atoms with Crippen LogP contribution in [-0.2, 0) is 4.74 Å². The lowest BCUT2D eigenvalue weighted by Crippen LogP contribution is -2.35. The Hall–Kier alpha value is -3.01. The number of methoxy groups -OCH3 is 1. The summed E-state index contributed by atoms with van der Waals surface area (Å²) in [6.45, 7) is 8.44. The number of rotatable bonds is 12. The molecule has 0 aliphatic rings.